The van der Waals surface area contributed by atoms with E-state index in [4.69, 9.17) is 0 Å². The van der Waals surface area contributed by atoms with Gasteiger partial charge in [0, 0.05) is 16.9 Å². The molecule has 18 heavy (non-hydrogen) atoms. The SMILES string of the molecule is O=Cc1ccsc1Cc1ccc2ccccc2c1. The van der Waals surface area contributed by atoms with E-state index in [1.165, 1.54) is 16.3 Å². The topological polar surface area (TPSA) is 17.1 Å². The van der Waals surface area contributed by atoms with E-state index in [1.807, 2.05) is 23.6 Å². The molecule has 0 bridgehead atoms. The van der Waals surface area contributed by atoms with Crippen LogP contribution in [0.2, 0.25) is 0 Å². The summed E-state index contributed by atoms with van der Waals surface area (Å²) in [6.07, 6.45) is 1.77. The van der Waals surface area contributed by atoms with Crippen molar-refractivity contribution in [2.75, 3.05) is 0 Å². The van der Waals surface area contributed by atoms with Crippen molar-refractivity contribution in [2.45, 2.75) is 6.42 Å². The minimum atomic E-state index is 0.813. The third kappa shape index (κ3) is 2.07. The van der Waals surface area contributed by atoms with E-state index in [0.717, 1.165) is 23.1 Å². The molecule has 0 spiro atoms. The van der Waals surface area contributed by atoms with Gasteiger partial charge in [0.1, 0.15) is 0 Å². The summed E-state index contributed by atoms with van der Waals surface area (Å²) in [5, 5.41) is 4.47. The fourth-order valence-electron chi connectivity index (χ4n) is 2.13. The van der Waals surface area contributed by atoms with Crippen molar-refractivity contribution >= 4 is 28.4 Å². The Hall–Kier alpha value is -1.93. The van der Waals surface area contributed by atoms with Gasteiger partial charge in [0.05, 0.1) is 0 Å². The van der Waals surface area contributed by atoms with Crippen molar-refractivity contribution in [1.82, 2.24) is 0 Å². The summed E-state index contributed by atoms with van der Waals surface area (Å²) in [6.45, 7) is 0. The van der Waals surface area contributed by atoms with Crippen LogP contribution in [0.1, 0.15) is 20.8 Å². The molecule has 2 heteroatoms. The van der Waals surface area contributed by atoms with Gasteiger partial charge in [0.15, 0.2) is 6.29 Å². The van der Waals surface area contributed by atoms with Gasteiger partial charge in [-0.25, -0.2) is 0 Å². The van der Waals surface area contributed by atoms with Gasteiger partial charge in [0.2, 0.25) is 0 Å². The highest BCUT2D eigenvalue weighted by atomic mass is 32.1. The van der Waals surface area contributed by atoms with Crippen molar-refractivity contribution < 1.29 is 4.79 Å². The molecular formula is C16H12OS. The van der Waals surface area contributed by atoms with Gasteiger partial charge in [-0.2, -0.15) is 0 Å². The number of fused-ring (bicyclic) bond motifs is 1. The van der Waals surface area contributed by atoms with Crippen LogP contribution in [0, 0.1) is 0 Å². The molecule has 0 aliphatic carbocycles. The summed E-state index contributed by atoms with van der Waals surface area (Å²) < 4.78 is 0. The summed E-state index contributed by atoms with van der Waals surface area (Å²) >= 11 is 1.64. The minimum absolute atomic E-state index is 0.813. The quantitative estimate of drug-likeness (QED) is 0.635. The van der Waals surface area contributed by atoms with Crippen LogP contribution in [0.25, 0.3) is 10.8 Å². The van der Waals surface area contributed by atoms with Gasteiger partial charge < -0.3 is 0 Å². The van der Waals surface area contributed by atoms with E-state index in [9.17, 15) is 4.79 Å². The fraction of sp³-hybridized carbons (Fsp3) is 0.0625. The average Bonchev–Trinajstić information content (AvgIpc) is 2.86. The minimum Gasteiger partial charge on any atom is -0.298 e. The second-order valence-electron chi connectivity index (χ2n) is 4.28. The molecule has 0 radical (unpaired) electrons. The third-order valence-electron chi connectivity index (χ3n) is 3.09. The van der Waals surface area contributed by atoms with Gasteiger partial charge in [0.25, 0.3) is 0 Å². The number of rotatable bonds is 3. The zero-order valence-electron chi connectivity index (χ0n) is 9.80. The highest BCUT2D eigenvalue weighted by Gasteiger charge is 2.04. The Labute approximate surface area is 110 Å². The number of carbonyl (C=O) groups is 1. The molecule has 0 aliphatic heterocycles. The molecule has 3 rings (SSSR count). The normalized spacial score (nSPS) is 10.7. The molecule has 0 atom stereocenters. The summed E-state index contributed by atoms with van der Waals surface area (Å²) in [5.74, 6) is 0. The first-order valence-corrected chi connectivity index (χ1v) is 6.74. The predicted molar refractivity (Wildman–Crippen MR) is 76.5 cm³/mol. The number of carbonyl (C=O) groups excluding carboxylic acids is 1. The van der Waals surface area contributed by atoms with Crippen LogP contribution >= 0.6 is 11.3 Å². The van der Waals surface area contributed by atoms with Crippen molar-refractivity contribution in [2.24, 2.45) is 0 Å². The molecule has 0 fully saturated rings. The van der Waals surface area contributed by atoms with Gasteiger partial charge in [-0.1, -0.05) is 42.5 Å². The second kappa shape index (κ2) is 4.75. The van der Waals surface area contributed by atoms with Crippen LogP contribution in [0.15, 0.2) is 53.9 Å². The third-order valence-corrected chi connectivity index (χ3v) is 4.02. The first-order chi connectivity index (χ1) is 8.86. The van der Waals surface area contributed by atoms with Crippen LogP contribution in [-0.4, -0.2) is 6.29 Å². The molecule has 0 saturated heterocycles. The largest absolute Gasteiger partial charge is 0.298 e. The Morgan fingerprint density at radius 1 is 1.00 bits per heavy atom. The number of benzene rings is 2. The molecule has 1 nitrogen and oxygen atoms in total. The van der Waals surface area contributed by atoms with E-state index in [-0.39, 0.29) is 0 Å². The number of thiophene rings is 1. The van der Waals surface area contributed by atoms with Crippen LogP contribution in [0.3, 0.4) is 0 Å². The Morgan fingerprint density at radius 2 is 1.83 bits per heavy atom. The lowest BCUT2D eigenvalue weighted by molar-refractivity contribution is 0.112. The lowest BCUT2D eigenvalue weighted by atomic mass is 10.0. The molecule has 0 saturated carbocycles. The highest BCUT2D eigenvalue weighted by molar-refractivity contribution is 7.10. The molecular weight excluding hydrogens is 240 g/mol. The lowest BCUT2D eigenvalue weighted by Crippen LogP contribution is -1.89. The molecule has 2 aromatic carbocycles. The van der Waals surface area contributed by atoms with Gasteiger partial charge >= 0.3 is 0 Å². The van der Waals surface area contributed by atoms with Crippen LogP contribution in [0.4, 0.5) is 0 Å². The summed E-state index contributed by atoms with van der Waals surface area (Å²) in [6, 6.07) is 16.7. The molecule has 1 heterocycles. The molecule has 0 unspecified atom stereocenters. The zero-order valence-corrected chi connectivity index (χ0v) is 10.6. The molecule has 1 aromatic heterocycles. The Bertz CT molecular complexity index is 697. The Balaban J connectivity index is 1.97. The van der Waals surface area contributed by atoms with Crippen LogP contribution in [0.5, 0.6) is 0 Å². The van der Waals surface area contributed by atoms with Crippen molar-refractivity contribution in [3.05, 3.63) is 69.9 Å². The van der Waals surface area contributed by atoms with E-state index in [2.05, 4.69) is 30.3 Å². The lowest BCUT2D eigenvalue weighted by Gasteiger charge is -2.03. The Kier molecular flexibility index (Phi) is 2.95. The number of hydrogen-bond donors (Lipinski definition) is 0. The van der Waals surface area contributed by atoms with E-state index in [1.54, 1.807) is 11.3 Å². The smallest absolute Gasteiger partial charge is 0.151 e. The maximum absolute atomic E-state index is 10.9. The number of hydrogen-bond acceptors (Lipinski definition) is 2. The van der Waals surface area contributed by atoms with Gasteiger partial charge in [-0.15, -0.1) is 11.3 Å². The molecule has 0 N–H and O–H groups in total. The van der Waals surface area contributed by atoms with E-state index >= 15 is 0 Å². The monoisotopic (exact) mass is 252 g/mol. The van der Waals surface area contributed by atoms with Crippen molar-refractivity contribution in [1.29, 1.82) is 0 Å². The predicted octanol–water partition coefficient (Wildman–Crippen LogP) is 4.30. The van der Waals surface area contributed by atoms with Gasteiger partial charge in [-0.3, -0.25) is 4.79 Å². The summed E-state index contributed by atoms with van der Waals surface area (Å²) in [4.78, 5) is 12.0. The van der Waals surface area contributed by atoms with Crippen molar-refractivity contribution in [3.63, 3.8) is 0 Å². The second-order valence-corrected chi connectivity index (χ2v) is 5.28. The first kappa shape index (κ1) is 11.2. The van der Waals surface area contributed by atoms with Gasteiger partial charge in [-0.05, 0) is 27.8 Å². The standard InChI is InChI=1S/C16H12OS/c17-11-15-7-8-18-16(15)10-12-5-6-13-3-1-2-4-14(13)9-12/h1-9,11H,10H2. The van der Waals surface area contributed by atoms with Crippen molar-refractivity contribution in [3.8, 4) is 0 Å². The van der Waals surface area contributed by atoms with Crippen LogP contribution < -0.4 is 0 Å². The van der Waals surface area contributed by atoms with E-state index in [0.29, 0.717) is 0 Å². The maximum atomic E-state index is 10.9. The number of aldehydes is 1. The highest BCUT2D eigenvalue weighted by Crippen LogP contribution is 2.22. The van der Waals surface area contributed by atoms with E-state index < -0.39 is 0 Å². The summed E-state index contributed by atoms with van der Waals surface area (Å²) in [7, 11) is 0. The molecule has 3 aromatic rings. The molecule has 0 aliphatic rings. The van der Waals surface area contributed by atoms with Crippen LogP contribution in [-0.2, 0) is 6.42 Å². The first-order valence-electron chi connectivity index (χ1n) is 5.86. The average molecular weight is 252 g/mol. The molecule has 0 amide bonds. The zero-order chi connectivity index (χ0) is 12.4. The summed E-state index contributed by atoms with van der Waals surface area (Å²) in [5.41, 5.74) is 2.06. The molecule has 88 valence electrons. The fourth-order valence-corrected chi connectivity index (χ4v) is 3.01. The maximum Gasteiger partial charge on any atom is 0.151 e. The Morgan fingerprint density at radius 3 is 2.67 bits per heavy atom.